The van der Waals surface area contributed by atoms with E-state index in [1.807, 2.05) is 39.8 Å². The Kier molecular flexibility index (Phi) is 7.89. The molecule has 0 aliphatic carbocycles. The first-order valence-corrected chi connectivity index (χ1v) is 10.9. The molecule has 0 bridgehead atoms. The minimum absolute atomic E-state index is 0.109. The van der Waals surface area contributed by atoms with Gasteiger partial charge in [-0.3, -0.25) is 4.98 Å². The molecule has 0 aliphatic rings. The van der Waals surface area contributed by atoms with E-state index in [4.69, 9.17) is 14.5 Å². The second-order valence-electron chi connectivity index (χ2n) is 8.30. The van der Waals surface area contributed by atoms with Crippen LogP contribution in [0.3, 0.4) is 0 Å². The highest BCUT2D eigenvalue weighted by Crippen LogP contribution is 2.30. The topological polar surface area (TPSA) is 80.7 Å². The Bertz CT molecular complexity index is 1170. The van der Waals surface area contributed by atoms with Gasteiger partial charge in [0.1, 0.15) is 17.2 Å². The Morgan fingerprint density at radius 1 is 0.943 bits per heavy atom. The molecule has 0 spiro atoms. The lowest BCUT2D eigenvalue weighted by Crippen LogP contribution is -2.24. The zero-order chi connectivity index (χ0) is 25.8. The second-order valence-corrected chi connectivity index (χ2v) is 8.30. The number of pyridine rings is 1. The van der Waals surface area contributed by atoms with Crippen molar-refractivity contribution in [2.45, 2.75) is 53.0 Å². The summed E-state index contributed by atoms with van der Waals surface area (Å²) in [5, 5.41) is 10.9. The number of halogens is 3. The summed E-state index contributed by atoms with van der Waals surface area (Å²) in [6.45, 7) is 7.67. The van der Waals surface area contributed by atoms with Crippen LogP contribution in [-0.4, -0.2) is 17.5 Å². The molecule has 2 aromatic carbocycles. The molecule has 0 fully saturated rings. The highest BCUT2D eigenvalue weighted by molar-refractivity contribution is 5.54. The standard InChI is InChI=1S/C26H26F3NO5/c1-15(2)24-22(23(14-33-25(31)32)16(3)17(4)30-24)13-18-5-7-19(8-6-18)34-20-9-11-21(12-10-20)35-26(27,28)29/h5-12,15H,13-14H2,1-4H3,(H,31,32)/p-1. The third-order valence-corrected chi connectivity index (χ3v) is 5.44. The molecular weight excluding hydrogens is 463 g/mol. The summed E-state index contributed by atoms with van der Waals surface area (Å²) < 4.78 is 51.3. The molecule has 186 valence electrons. The van der Waals surface area contributed by atoms with Crippen LogP contribution in [0, 0.1) is 13.8 Å². The molecule has 0 amide bonds. The van der Waals surface area contributed by atoms with Crippen LogP contribution in [0.2, 0.25) is 0 Å². The summed E-state index contributed by atoms with van der Waals surface area (Å²) in [4.78, 5) is 15.6. The average molecular weight is 488 g/mol. The number of carbonyl (C=O) groups excluding carboxylic acids is 1. The Labute approximate surface area is 201 Å². The summed E-state index contributed by atoms with van der Waals surface area (Å²) in [6.07, 6.45) is -5.84. The van der Waals surface area contributed by atoms with Crippen molar-refractivity contribution in [2.75, 3.05) is 0 Å². The first-order valence-electron chi connectivity index (χ1n) is 10.9. The summed E-state index contributed by atoms with van der Waals surface area (Å²) in [5.74, 6) is 0.634. The van der Waals surface area contributed by atoms with Crippen LogP contribution >= 0.6 is 0 Å². The maximum Gasteiger partial charge on any atom is 0.573 e. The van der Waals surface area contributed by atoms with Crippen LogP contribution in [0.25, 0.3) is 0 Å². The Balaban J connectivity index is 1.80. The third-order valence-electron chi connectivity index (χ3n) is 5.44. The molecule has 3 rings (SSSR count). The Morgan fingerprint density at radius 2 is 1.49 bits per heavy atom. The van der Waals surface area contributed by atoms with Crippen molar-refractivity contribution in [2.24, 2.45) is 0 Å². The normalized spacial score (nSPS) is 11.4. The van der Waals surface area contributed by atoms with E-state index in [0.717, 1.165) is 33.6 Å². The molecular formula is C26H25F3NO5-. The number of benzene rings is 2. The van der Waals surface area contributed by atoms with Gasteiger partial charge in [0.2, 0.25) is 0 Å². The smallest absolute Gasteiger partial charge is 0.545 e. The Hall–Kier alpha value is -3.75. The zero-order valence-corrected chi connectivity index (χ0v) is 19.7. The highest BCUT2D eigenvalue weighted by Gasteiger charge is 2.31. The van der Waals surface area contributed by atoms with Crippen molar-refractivity contribution in [3.05, 3.63) is 82.2 Å². The van der Waals surface area contributed by atoms with E-state index in [0.29, 0.717) is 17.9 Å². The number of nitrogens with zero attached hydrogens (tertiary/aromatic N) is 1. The molecule has 1 aromatic heterocycles. The highest BCUT2D eigenvalue weighted by atomic mass is 19.4. The van der Waals surface area contributed by atoms with Crippen molar-refractivity contribution in [1.29, 1.82) is 0 Å². The molecule has 35 heavy (non-hydrogen) atoms. The van der Waals surface area contributed by atoms with Gasteiger partial charge in [-0.15, -0.1) is 13.2 Å². The molecule has 0 atom stereocenters. The van der Waals surface area contributed by atoms with Gasteiger partial charge in [-0.1, -0.05) is 26.0 Å². The second kappa shape index (κ2) is 10.7. The SMILES string of the molecule is Cc1nc(C(C)C)c(Cc2ccc(Oc3ccc(OC(F)(F)F)cc3)cc2)c(COC(=O)[O-])c1C. The van der Waals surface area contributed by atoms with Crippen molar-refractivity contribution < 1.29 is 37.3 Å². The summed E-state index contributed by atoms with van der Waals surface area (Å²) in [5.41, 5.74) is 5.15. The molecule has 1 heterocycles. The van der Waals surface area contributed by atoms with Gasteiger partial charge in [0.25, 0.3) is 6.16 Å². The van der Waals surface area contributed by atoms with Crippen molar-refractivity contribution in [3.8, 4) is 17.2 Å². The van der Waals surface area contributed by atoms with E-state index in [1.54, 1.807) is 12.1 Å². The van der Waals surface area contributed by atoms with Gasteiger partial charge >= 0.3 is 6.36 Å². The number of carboxylic acid groups (broad SMARTS) is 1. The fraction of sp³-hybridized carbons (Fsp3) is 0.308. The summed E-state index contributed by atoms with van der Waals surface area (Å²) >= 11 is 0. The van der Waals surface area contributed by atoms with Crippen LogP contribution in [-0.2, 0) is 17.8 Å². The van der Waals surface area contributed by atoms with Gasteiger partial charge in [-0.25, -0.2) is 0 Å². The van der Waals surface area contributed by atoms with E-state index in [2.05, 4.69) is 4.74 Å². The lowest BCUT2D eigenvalue weighted by Gasteiger charge is -2.22. The largest absolute Gasteiger partial charge is 0.573 e. The number of hydrogen-bond acceptors (Lipinski definition) is 6. The lowest BCUT2D eigenvalue weighted by atomic mass is 9.90. The van der Waals surface area contributed by atoms with Crippen LogP contribution in [0.4, 0.5) is 18.0 Å². The van der Waals surface area contributed by atoms with Crippen molar-refractivity contribution >= 4 is 6.16 Å². The number of ether oxygens (including phenoxy) is 3. The average Bonchev–Trinajstić information content (AvgIpc) is 2.77. The molecule has 0 unspecified atom stereocenters. The van der Waals surface area contributed by atoms with Gasteiger partial charge in [-0.2, -0.15) is 0 Å². The van der Waals surface area contributed by atoms with Gasteiger partial charge in [0, 0.05) is 11.4 Å². The van der Waals surface area contributed by atoms with Crippen LogP contribution in [0.5, 0.6) is 17.2 Å². The molecule has 9 heteroatoms. The maximum atomic E-state index is 12.3. The number of alkyl halides is 3. The number of carbonyl (C=O) groups is 1. The van der Waals surface area contributed by atoms with Crippen molar-refractivity contribution in [3.63, 3.8) is 0 Å². The fourth-order valence-electron chi connectivity index (χ4n) is 3.66. The monoisotopic (exact) mass is 488 g/mol. The van der Waals surface area contributed by atoms with Crippen LogP contribution in [0.1, 0.15) is 53.4 Å². The number of hydrogen-bond donors (Lipinski definition) is 0. The summed E-state index contributed by atoms with van der Waals surface area (Å²) in [7, 11) is 0. The van der Waals surface area contributed by atoms with Crippen molar-refractivity contribution in [1.82, 2.24) is 4.98 Å². The predicted octanol–water partition coefficient (Wildman–Crippen LogP) is 5.96. The molecule has 6 nitrogen and oxygen atoms in total. The van der Waals surface area contributed by atoms with Gasteiger partial charge in [0.05, 0.1) is 6.61 Å². The van der Waals surface area contributed by atoms with Crippen LogP contribution in [0.15, 0.2) is 48.5 Å². The molecule has 0 radical (unpaired) electrons. The first kappa shape index (κ1) is 25.9. The molecule has 0 aliphatic heterocycles. The Morgan fingerprint density at radius 3 is 2.00 bits per heavy atom. The minimum Gasteiger partial charge on any atom is -0.545 e. The van der Waals surface area contributed by atoms with Crippen LogP contribution < -0.4 is 14.6 Å². The fourth-order valence-corrected chi connectivity index (χ4v) is 3.66. The predicted molar refractivity (Wildman–Crippen MR) is 120 cm³/mol. The molecule has 0 saturated carbocycles. The number of aromatic nitrogens is 1. The maximum absolute atomic E-state index is 12.3. The quantitative estimate of drug-likeness (QED) is 0.364. The van der Waals surface area contributed by atoms with E-state index in [9.17, 15) is 23.1 Å². The van der Waals surface area contributed by atoms with E-state index in [-0.39, 0.29) is 18.3 Å². The lowest BCUT2D eigenvalue weighted by molar-refractivity contribution is -0.284. The first-order chi connectivity index (χ1) is 16.4. The van der Waals surface area contributed by atoms with Gasteiger partial charge in [-0.05, 0) is 84.8 Å². The third kappa shape index (κ3) is 7.11. The number of aryl methyl sites for hydroxylation is 1. The number of rotatable bonds is 8. The molecule has 0 saturated heterocycles. The zero-order valence-electron chi connectivity index (χ0n) is 19.7. The van der Waals surface area contributed by atoms with Gasteiger partial charge < -0.3 is 24.1 Å². The van der Waals surface area contributed by atoms with E-state index < -0.39 is 12.5 Å². The van der Waals surface area contributed by atoms with E-state index >= 15 is 0 Å². The molecule has 0 N–H and O–H groups in total. The van der Waals surface area contributed by atoms with E-state index in [1.165, 1.54) is 24.3 Å². The minimum atomic E-state index is -4.75. The molecule has 3 aromatic rings. The summed E-state index contributed by atoms with van der Waals surface area (Å²) in [6, 6.07) is 12.3. The van der Waals surface area contributed by atoms with Gasteiger partial charge in [0.15, 0.2) is 0 Å².